The van der Waals surface area contributed by atoms with E-state index in [1.54, 1.807) is 11.3 Å². The minimum atomic E-state index is -0.156. The summed E-state index contributed by atoms with van der Waals surface area (Å²) >= 11 is 1.56. The number of nitrogens with zero attached hydrogens (tertiary/aromatic N) is 2. The second-order valence-corrected chi connectivity index (χ2v) is 4.98. The van der Waals surface area contributed by atoms with Gasteiger partial charge in [-0.2, -0.15) is 4.99 Å². The average molecular weight is 234 g/mol. The first-order chi connectivity index (χ1) is 7.49. The van der Waals surface area contributed by atoms with Gasteiger partial charge < -0.3 is 4.57 Å². The zero-order chi connectivity index (χ0) is 11.9. The number of aromatic nitrogens is 1. The first-order valence-corrected chi connectivity index (χ1v) is 5.93. The quantitative estimate of drug-likeness (QED) is 0.688. The lowest BCUT2D eigenvalue weighted by Gasteiger charge is -2.00. The zero-order valence-corrected chi connectivity index (χ0v) is 10.7. The number of aryl methyl sites for hydroxylation is 3. The Bertz CT molecular complexity index is 634. The van der Waals surface area contributed by atoms with Gasteiger partial charge in [-0.25, -0.2) is 0 Å². The van der Waals surface area contributed by atoms with Crippen LogP contribution in [0.25, 0.3) is 10.2 Å². The van der Waals surface area contributed by atoms with Crippen molar-refractivity contribution in [1.29, 1.82) is 0 Å². The summed E-state index contributed by atoms with van der Waals surface area (Å²) in [5.41, 5.74) is 3.61. The Balaban J connectivity index is 2.88. The highest BCUT2D eigenvalue weighted by Crippen LogP contribution is 2.22. The Morgan fingerprint density at radius 3 is 2.69 bits per heavy atom. The first kappa shape index (κ1) is 11.1. The molecule has 2 aromatic rings. The highest BCUT2D eigenvalue weighted by molar-refractivity contribution is 7.16. The fourth-order valence-electron chi connectivity index (χ4n) is 1.81. The van der Waals surface area contributed by atoms with Crippen LogP contribution < -0.4 is 4.80 Å². The normalized spacial score (nSPS) is 12.4. The molecule has 0 spiro atoms. The van der Waals surface area contributed by atoms with Crippen molar-refractivity contribution in [3.63, 3.8) is 0 Å². The van der Waals surface area contributed by atoms with Crippen molar-refractivity contribution in [3.8, 4) is 0 Å². The minimum Gasteiger partial charge on any atom is -0.319 e. The lowest BCUT2D eigenvalue weighted by Crippen LogP contribution is -2.11. The number of benzene rings is 1. The second kappa shape index (κ2) is 3.87. The molecule has 2 rings (SSSR count). The van der Waals surface area contributed by atoms with Crippen LogP contribution in [0.15, 0.2) is 17.1 Å². The van der Waals surface area contributed by atoms with Crippen molar-refractivity contribution in [2.75, 3.05) is 0 Å². The van der Waals surface area contributed by atoms with Crippen molar-refractivity contribution in [2.45, 2.75) is 20.8 Å². The lowest BCUT2D eigenvalue weighted by molar-refractivity contribution is -0.116. The number of hydrogen-bond donors (Lipinski definition) is 0. The molecule has 1 heterocycles. The summed E-state index contributed by atoms with van der Waals surface area (Å²) in [5, 5.41) is 0. The van der Waals surface area contributed by atoms with Crippen LogP contribution in [0.2, 0.25) is 0 Å². The van der Waals surface area contributed by atoms with Crippen LogP contribution in [0, 0.1) is 13.8 Å². The van der Waals surface area contributed by atoms with Crippen molar-refractivity contribution >= 4 is 27.5 Å². The molecule has 0 unspecified atom stereocenters. The van der Waals surface area contributed by atoms with Crippen LogP contribution in [0.5, 0.6) is 0 Å². The van der Waals surface area contributed by atoms with Gasteiger partial charge in [-0.1, -0.05) is 17.4 Å². The Morgan fingerprint density at radius 2 is 2.06 bits per heavy atom. The van der Waals surface area contributed by atoms with Crippen LogP contribution in [0.4, 0.5) is 0 Å². The maximum atomic E-state index is 11.0. The molecule has 3 nitrogen and oxygen atoms in total. The van der Waals surface area contributed by atoms with E-state index in [-0.39, 0.29) is 5.91 Å². The molecule has 1 aromatic carbocycles. The van der Waals surface area contributed by atoms with E-state index in [1.165, 1.54) is 22.8 Å². The molecule has 4 heteroatoms. The van der Waals surface area contributed by atoms with Crippen LogP contribution in [-0.4, -0.2) is 10.5 Å². The molecule has 0 N–H and O–H groups in total. The van der Waals surface area contributed by atoms with Crippen molar-refractivity contribution in [2.24, 2.45) is 12.0 Å². The third-order valence-electron chi connectivity index (χ3n) is 2.49. The van der Waals surface area contributed by atoms with Gasteiger partial charge in [0.05, 0.1) is 10.2 Å². The van der Waals surface area contributed by atoms with E-state index in [9.17, 15) is 4.79 Å². The van der Waals surface area contributed by atoms with Gasteiger partial charge in [0.25, 0.3) is 0 Å². The van der Waals surface area contributed by atoms with E-state index < -0.39 is 0 Å². The van der Waals surface area contributed by atoms with Gasteiger partial charge >= 0.3 is 0 Å². The topological polar surface area (TPSA) is 34.4 Å². The molecule has 0 atom stereocenters. The maximum absolute atomic E-state index is 11.0. The van der Waals surface area contributed by atoms with E-state index in [0.717, 1.165) is 10.3 Å². The Morgan fingerprint density at radius 1 is 1.38 bits per heavy atom. The fourth-order valence-corrected chi connectivity index (χ4v) is 2.92. The van der Waals surface area contributed by atoms with E-state index in [4.69, 9.17) is 0 Å². The molecule has 84 valence electrons. The first-order valence-electron chi connectivity index (χ1n) is 5.11. The van der Waals surface area contributed by atoms with Crippen LogP contribution in [-0.2, 0) is 11.8 Å². The molecule has 1 aromatic heterocycles. The number of hydrogen-bond acceptors (Lipinski definition) is 2. The van der Waals surface area contributed by atoms with E-state index in [0.29, 0.717) is 0 Å². The number of amides is 1. The van der Waals surface area contributed by atoms with Gasteiger partial charge in [0.2, 0.25) is 5.91 Å². The van der Waals surface area contributed by atoms with Gasteiger partial charge in [0, 0.05) is 14.0 Å². The fraction of sp³-hybridized carbons (Fsp3) is 0.333. The number of fused-ring (bicyclic) bond motifs is 1. The lowest BCUT2D eigenvalue weighted by atomic mass is 10.1. The molecule has 0 aliphatic rings. The summed E-state index contributed by atoms with van der Waals surface area (Å²) in [6.07, 6.45) is 0. The van der Waals surface area contributed by atoms with E-state index >= 15 is 0 Å². The minimum absolute atomic E-state index is 0.156. The Hall–Kier alpha value is -1.42. The number of thiazole rings is 1. The maximum Gasteiger partial charge on any atom is 0.245 e. The summed E-state index contributed by atoms with van der Waals surface area (Å²) in [6.45, 7) is 5.64. The molecular formula is C12H14N2OS. The average Bonchev–Trinajstić information content (AvgIpc) is 2.45. The van der Waals surface area contributed by atoms with Crippen LogP contribution >= 0.6 is 11.3 Å². The molecule has 1 amide bonds. The molecule has 0 aliphatic heterocycles. The molecule has 0 bridgehead atoms. The van der Waals surface area contributed by atoms with Gasteiger partial charge in [0.15, 0.2) is 4.80 Å². The largest absolute Gasteiger partial charge is 0.319 e. The van der Waals surface area contributed by atoms with Gasteiger partial charge in [-0.15, -0.1) is 0 Å². The third-order valence-corrected chi connectivity index (χ3v) is 3.78. The van der Waals surface area contributed by atoms with Gasteiger partial charge in [-0.3, -0.25) is 4.79 Å². The summed E-state index contributed by atoms with van der Waals surface area (Å²) in [6, 6.07) is 4.27. The smallest absolute Gasteiger partial charge is 0.245 e. The standard InChI is InChI=1S/C12H14N2OS/c1-7-5-8(2)11-10(6-7)14(4)12(16-11)13-9(3)15/h5-6H,1-4H3. The predicted molar refractivity (Wildman–Crippen MR) is 66.5 cm³/mol. The van der Waals surface area contributed by atoms with Crippen molar-refractivity contribution in [1.82, 2.24) is 4.57 Å². The summed E-state index contributed by atoms with van der Waals surface area (Å²) in [7, 11) is 1.94. The highest BCUT2D eigenvalue weighted by Gasteiger charge is 2.06. The van der Waals surface area contributed by atoms with E-state index in [2.05, 4.69) is 31.0 Å². The van der Waals surface area contributed by atoms with E-state index in [1.807, 2.05) is 11.6 Å². The second-order valence-electron chi connectivity index (χ2n) is 4.00. The molecule has 0 saturated heterocycles. The molecule has 0 aliphatic carbocycles. The molecule has 0 radical (unpaired) electrons. The highest BCUT2D eigenvalue weighted by atomic mass is 32.1. The monoisotopic (exact) mass is 234 g/mol. The zero-order valence-electron chi connectivity index (χ0n) is 9.87. The van der Waals surface area contributed by atoms with Crippen LogP contribution in [0.3, 0.4) is 0 Å². The van der Waals surface area contributed by atoms with Gasteiger partial charge in [0.1, 0.15) is 0 Å². The molecule has 16 heavy (non-hydrogen) atoms. The molecule has 0 saturated carbocycles. The third kappa shape index (κ3) is 1.80. The Labute approximate surface area is 98.1 Å². The predicted octanol–water partition coefficient (Wildman–Crippen LogP) is 2.30. The summed E-state index contributed by atoms with van der Waals surface area (Å²) in [5.74, 6) is -0.156. The SMILES string of the molecule is CC(=O)N=c1sc2c(C)cc(C)cc2n1C. The number of carbonyl (C=O) groups excluding carboxylic acids is 1. The molecule has 0 fully saturated rings. The Kier molecular flexibility index (Phi) is 2.68. The van der Waals surface area contributed by atoms with Crippen LogP contribution in [0.1, 0.15) is 18.1 Å². The number of carbonyl (C=O) groups is 1. The molecular weight excluding hydrogens is 220 g/mol. The van der Waals surface area contributed by atoms with Crippen molar-refractivity contribution in [3.05, 3.63) is 28.1 Å². The summed E-state index contributed by atoms with van der Waals surface area (Å²) < 4.78 is 3.18. The van der Waals surface area contributed by atoms with Gasteiger partial charge in [-0.05, 0) is 31.0 Å². The van der Waals surface area contributed by atoms with Crippen molar-refractivity contribution < 1.29 is 4.79 Å². The summed E-state index contributed by atoms with van der Waals surface area (Å²) in [4.78, 5) is 15.8. The number of rotatable bonds is 0.